The van der Waals surface area contributed by atoms with Crippen molar-refractivity contribution >= 4 is 21.8 Å². The first-order valence-electron chi connectivity index (χ1n) is 7.54. The van der Waals surface area contributed by atoms with Gasteiger partial charge < -0.3 is 15.6 Å². The van der Waals surface area contributed by atoms with Crippen LogP contribution in [-0.2, 0) is 6.54 Å². The second kappa shape index (κ2) is 7.27. The molecule has 1 saturated carbocycles. The molecule has 1 fully saturated rings. The molecule has 0 bridgehead atoms. The van der Waals surface area contributed by atoms with Crippen molar-refractivity contribution in [2.75, 3.05) is 0 Å². The van der Waals surface area contributed by atoms with Gasteiger partial charge in [0.05, 0.1) is 0 Å². The van der Waals surface area contributed by atoms with Crippen LogP contribution in [-0.4, -0.2) is 22.6 Å². The molecule has 0 aromatic carbocycles. The molecule has 1 aromatic rings. The van der Waals surface area contributed by atoms with E-state index in [1.165, 1.54) is 12.8 Å². The van der Waals surface area contributed by atoms with Gasteiger partial charge in [0.2, 0.25) is 0 Å². The third kappa shape index (κ3) is 3.85. The molecule has 0 spiro atoms. The third-order valence-electron chi connectivity index (χ3n) is 3.95. The Morgan fingerprint density at radius 1 is 1.45 bits per heavy atom. The van der Waals surface area contributed by atoms with E-state index in [4.69, 9.17) is 5.73 Å². The Bertz CT molecular complexity index is 458. The number of aromatic nitrogens is 1. The molecule has 1 aromatic heterocycles. The summed E-state index contributed by atoms with van der Waals surface area (Å²) in [6.45, 7) is 2.96. The quantitative estimate of drug-likeness (QED) is 0.827. The van der Waals surface area contributed by atoms with Crippen LogP contribution in [0, 0.1) is 0 Å². The monoisotopic (exact) mass is 341 g/mol. The standard InChI is InChI=1S/C15H24BrN3O/c1-2-8-19-10-11(16)9-14(19)15(20)18-13-7-5-3-4-6-12(13)17/h9-10,12-13H,2-8,17H2,1H3,(H,18,20). The lowest BCUT2D eigenvalue weighted by Crippen LogP contribution is -2.47. The van der Waals surface area contributed by atoms with Gasteiger partial charge in [0.25, 0.3) is 5.91 Å². The molecule has 0 aliphatic heterocycles. The highest BCUT2D eigenvalue weighted by atomic mass is 79.9. The number of carbonyl (C=O) groups excluding carboxylic acids is 1. The van der Waals surface area contributed by atoms with Crippen LogP contribution in [0.3, 0.4) is 0 Å². The predicted octanol–water partition coefficient (Wildman–Crippen LogP) is 3.05. The lowest BCUT2D eigenvalue weighted by atomic mass is 10.0. The molecule has 4 nitrogen and oxygen atoms in total. The number of hydrogen-bond acceptors (Lipinski definition) is 2. The van der Waals surface area contributed by atoms with Crippen molar-refractivity contribution in [1.82, 2.24) is 9.88 Å². The molecule has 112 valence electrons. The summed E-state index contributed by atoms with van der Waals surface area (Å²) >= 11 is 3.45. The summed E-state index contributed by atoms with van der Waals surface area (Å²) in [6, 6.07) is 2.07. The first-order valence-corrected chi connectivity index (χ1v) is 8.33. The van der Waals surface area contributed by atoms with Gasteiger partial charge in [-0.15, -0.1) is 0 Å². The molecular weight excluding hydrogens is 318 g/mol. The van der Waals surface area contributed by atoms with Crippen LogP contribution < -0.4 is 11.1 Å². The highest BCUT2D eigenvalue weighted by molar-refractivity contribution is 9.10. The topological polar surface area (TPSA) is 60.0 Å². The van der Waals surface area contributed by atoms with Gasteiger partial charge >= 0.3 is 0 Å². The minimum atomic E-state index is -0.00787. The predicted molar refractivity (Wildman–Crippen MR) is 84.7 cm³/mol. The first kappa shape index (κ1) is 15.6. The van der Waals surface area contributed by atoms with E-state index in [0.29, 0.717) is 0 Å². The van der Waals surface area contributed by atoms with Gasteiger partial charge in [-0.1, -0.05) is 26.2 Å². The molecule has 1 aliphatic rings. The fraction of sp³-hybridized carbons (Fsp3) is 0.667. The van der Waals surface area contributed by atoms with Crippen molar-refractivity contribution in [3.05, 3.63) is 22.4 Å². The number of carbonyl (C=O) groups is 1. The van der Waals surface area contributed by atoms with Crippen LogP contribution >= 0.6 is 15.9 Å². The Kier molecular flexibility index (Phi) is 5.66. The molecule has 2 rings (SSSR count). The van der Waals surface area contributed by atoms with E-state index in [9.17, 15) is 4.79 Å². The van der Waals surface area contributed by atoms with E-state index in [1.54, 1.807) is 0 Å². The SMILES string of the molecule is CCCn1cc(Br)cc1C(=O)NC1CCCCCC1N. The van der Waals surface area contributed by atoms with Gasteiger partial charge in [-0.25, -0.2) is 0 Å². The average molecular weight is 342 g/mol. The highest BCUT2D eigenvalue weighted by Gasteiger charge is 2.23. The van der Waals surface area contributed by atoms with E-state index in [0.717, 1.165) is 42.4 Å². The van der Waals surface area contributed by atoms with E-state index >= 15 is 0 Å². The van der Waals surface area contributed by atoms with Crippen molar-refractivity contribution in [3.63, 3.8) is 0 Å². The van der Waals surface area contributed by atoms with Crippen molar-refractivity contribution in [2.45, 2.75) is 64.1 Å². The highest BCUT2D eigenvalue weighted by Crippen LogP contribution is 2.19. The zero-order chi connectivity index (χ0) is 14.5. The number of aryl methyl sites for hydroxylation is 1. The minimum Gasteiger partial charge on any atom is -0.346 e. The summed E-state index contributed by atoms with van der Waals surface area (Å²) in [5.41, 5.74) is 6.89. The molecule has 1 aliphatic carbocycles. The lowest BCUT2D eigenvalue weighted by Gasteiger charge is -2.23. The van der Waals surface area contributed by atoms with Crippen molar-refractivity contribution in [1.29, 1.82) is 0 Å². The largest absolute Gasteiger partial charge is 0.346 e. The van der Waals surface area contributed by atoms with Gasteiger partial charge in [0.15, 0.2) is 0 Å². The summed E-state index contributed by atoms with van der Waals surface area (Å²) in [5, 5.41) is 3.13. The number of amides is 1. The van der Waals surface area contributed by atoms with Crippen LogP contribution in [0.5, 0.6) is 0 Å². The average Bonchev–Trinajstić information content (AvgIpc) is 2.66. The second-order valence-corrected chi connectivity index (χ2v) is 6.53. The number of nitrogens with two attached hydrogens (primary N) is 1. The Labute approximate surface area is 129 Å². The fourth-order valence-electron chi connectivity index (χ4n) is 2.85. The van der Waals surface area contributed by atoms with Gasteiger partial charge in [-0.05, 0) is 41.3 Å². The fourth-order valence-corrected chi connectivity index (χ4v) is 3.31. The molecule has 1 amide bonds. The van der Waals surface area contributed by atoms with Gasteiger partial charge in [0.1, 0.15) is 5.69 Å². The second-order valence-electron chi connectivity index (χ2n) is 5.62. The van der Waals surface area contributed by atoms with Crippen molar-refractivity contribution in [3.8, 4) is 0 Å². The molecule has 5 heteroatoms. The van der Waals surface area contributed by atoms with Crippen molar-refractivity contribution < 1.29 is 4.79 Å². The molecule has 20 heavy (non-hydrogen) atoms. The lowest BCUT2D eigenvalue weighted by molar-refractivity contribution is 0.0919. The molecule has 0 radical (unpaired) electrons. The van der Waals surface area contributed by atoms with E-state index < -0.39 is 0 Å². The normalized spacial score (nSPS) is 23.4. The summed E-state index contributed by atoms with van der Waals surface area (Å²) in [4.78, 5) is 12.5. The summed E-state index contributed by atoms with van der Waals surface area (Å²) in [7, 11) is 0. The number of nitrogens with zero attached hydrogens (tertiary/aromatic N) is 1. The molecule has 0 saturated heterocycles. The Hall–Kier alpha value is -0.810. The summed E-state index contributed by atoms with van der Waals surface area (Å²) < 4.78 is 2.95. The molecule has 2 unspecified atom stereocenters. The number of halogens is 1. The van der Waals surface area contributed by atoms with E-state index in [2.05, 4.69) is 28.2 Å². The smallest absolute Gasteiger partial charge is 0.268 e. The van der Waals surface area contributed by atoms with Gasteiger partial charge in [-0.2, -0.15) is 0 Å². The molecule has 3 N–H and O–H groups in total. The van der Waals surface area contributed by atoms with Crippen LogP contribution in [0.1, 0.15) is 55.9 Å². The Morgan fingerprint density at radius 2 is 2.20 bits per heavy atom. The summed E-state index contributed by atoms with van der Waals surface area (Å²) in [6.07, 6.45) is 8.50. The van der Waals surface area contributed by atoms with Gasteiger partial charge in [0, 0.05) is 29.3 Å². The maximum Gasteiger partial charge on any atom is 0.268 e. The van der Waals surface area contributed by atoms with Crippen LogP contribution in [0.25, 0.3) is 0 Å². The molecular formula is C15H24BrN3O. The number of nitrogens with one attached hydrogen (secondary N) is 1. The number of hydrogen-bond donors (Lipinski definition) is 2. The minimum absolute atomic E-state index is 0.00787. The van der Waals surface area contributed by atoms with Crippen LogP contribution in [0.4, 0.5) is 0 Å². The van der Waals surface area contributed by atoms with Gasteiger partial charge in [-0.3, -0.25) is 4.79 Å². The summed E-state index contributed by atoms with van der Waals surface area (Å²) in [5.74, 6) is -0.00787. The Morgan fingerprint density at radius 3 is 2.95 bits per heavy atom. The third-order valence-corrected chi connectivity index (χ3v) is 4.38. The molecule has 1 heterocycles. The van der Waals surface area contributed by atoms with E-state index in [-0.39, 0.29) is 18.0 Å². The maximum absolute atomic E-state index is 12.5. The first-order chi connectivity index (χ1) is 9.61. The Balaban J connectivity index is 2.07. The van der Waals surface area contributed by atoms with E-state index in [1.807, 2.05) is 16.8 Å². The zero-order valence-electron chi connectivity index (χ0n) is 12.1. The maximum atomic E-state index is 12.5. The van der Waals surface area contributed by atoms with Crippen LogP contribution in [0.15, 0.2) is 16.7 Å². The van der Waals surface area contributed by atoms with Crippen LogP contribution in [0.2, 0.25) is 0 Å². The zero-order valence-corrected chi connectivity index (χ0v) is 13.7. The molecule has 2 atom stereocenters. The number of rotatable bonds is 4. The van der Waals surface area contributed by atoms with Crippen molar-refractivity contribution in [2.24, 2.45) is 5.73 Å².